The topological polar surface area (TPSA) is 26.3 Å². The molecule has 0 amide bonds. The quantitative estimate of drug-likeness (QED) is 0.768. The molecule has 0 aromatic heterocycles. The maximum Gasteiger partial charge on any atom is 0.338 e. The fourth-order valence-electron chi connectivity index (χ4n) is 2.21. The molecule has 2 heteroatoms. The van der Waals surface area contributed by atoms with Gasteiger partial charge in [0.15, 0.2) is 0 Å². The number of carbonyl (C=O) groups excluding carboxylic acids is 1. The predicted octanol–water partition coefficient (Wildman–Crippen LogP) is 4.40. The van der Waals surface area contributed by atoms with Gasteiger partial charge in [-0.1, -0.05) is 48.9 Å². The molecule has 0 aliphatic rings. The predicted molar refractivity (Wildman–Crippen MR) is 81.9 cm³/mol. The van der Waals surface area contributed by atoms with E-state index in [1.54, 1.807) is 0 Å². The summed E-state index contributed by atoms with van der Waals surface area (Å²) in [6, 6.07) is 14.3. The van der Waals surface area contributed by atoms with E-state index in [2.05, 4.69) is 37.3 Å². The Hall–Kier alpha value is -2.09. The number of aryl methyl sites for hydroxylation is 2. The molecule has 0 bridgehead atoms. The van der Waals surface area contributed by atoms with E-state index in [-0.39, 0.29) is 5.97 Å². The van der Waals surface area contributed by atoms with Crippen LogP contribution in [0.1, 0.15) is 35.3 Å². The highest BCUT2D eigenvalue weighted by Gasteiger charge is 2.12. The Labute approximate surface area is 120 Å². The smallest absolute Gasteiger partial charge is 0.338 e. The summed E-state index contributed by atoms with van der Waals surface area (Å²) in [5.41, 5.74) is 5.09. The maximum atomic E-state index is 12.0. The van der Waals surface area contributed by atoms with Crippen LogP contribution in [0.2, 0.25) is 0 Å². The first-order chi connectivity index (χ1) is 9.65. The number of rotatable bonds is 4. The Morgan fingerprint density at radius 3 is 2.25 bits per heavy atom. The van der Waals surface area contributed by atoms with Crippen LogP contribution >= 0.6 is 0 Å². The number of hydrogen-bond donors (Lipinski definition) is 0. The van der Waals surface area contributed by atoms with Gasteiger partial charge in [-0.15, -0.1) is 0 Å². The first-order valence-electron chi connectivity index (χ1n) is 7.02. The van der Waals surface area contributed by atoms with Crippen molar-refractivity contribution in [3.8, 4) is 11.1 Å². The van der Waals surface area contributed by atoms with E-state index in [1.165, 1.54) is 5.56 Å². The molecule has 0 saturated carbocycles. The van der Waals surface area contributed by atoms with Crippen molar-refractivity contribution in [2.45, 2.75) is 27.2 Å². The highest BCUT2D eigenvalue weighted by molar-refractivity contribution is 5.92. The molecule has 0 atom stereocenters. The zero-order valence-electron chi connectivity index (χ0n) is 12.3. The van der Waals surface area contributed by atoms with E-state index in [9.17, 15) is 4.79 Å². The summed E-state index contributed by atoms with van der Waals surface area (Å²) in [6.45, 7) is 6.34. The molecule has 0 N–H and O–H groups in total. The third-order valence-corrected chi connectivity index (χ3v) is 3.37. The number of ether oxygens (including phenoxy) is 1. The molecule has 0 spiro atoms. The first kappa shape index (κ1) is 14.3. The van der Waals surface area contributed by atoms with Gasteiger partial charge in [-0.2, -0.15) is 0 Å². The highest BCUT2D eigenvalue weighted by atomic mass is 16.5. The summed E-state index contributed by atoms with van der Waals surface area (Å²) in [4.78, 5) is 12.0. The number of esters is 1. The van der Waals surface area contributed by atoms with E-state index < -0.39 is 0 Å². The Morgan fingerprint density at radius 2 is 1.65 bits per heavy atom. The molecule has 2 aromatic carbocycles. The van der Waals surface area contributed by atoms with E-state index in [4.69, 9.17) is 4.74 Å². The molecule has 0 aliphatic carbocycles. The van der Waals surface area contributed by atoms with Crippen LogP contribution in [-0.2, 0) is 11.2 Å². The maximum absolute atomic E-state index is 12.0. The molecule has 104 valence electrons. The zero-order chi connectivity index (χ0) is 14.5. The first-order valence-corrected chi connectivity index (χ1v) is 7.02. The Balaban J connectivity index is 2.43. The minimum Gasteiger partial charge on any atom is -0.462 e. The van der Waals surface area contributed by atoms with Crippen molar-refractivity contribution in [1.29, 1.82) is 0 Å². The molecule has 0 unspecified atom stereocenters. The zero-order valence-corrected chi connectivity index (χ0v) is 12.3. The van der Waals surface area contributed by atoms with Gasteiger partial charge in [-0.05, 0) is 43.0 Å². The van der Waals surface area contributed by atoms with Crippen molar-refractivity contribution in [2.24, 2.45) is 0 Å². The largest absolute Gasteiger partial charge is 0.462 e. The lowest BCUT2D eigenvalue weighted by atomic mass is 9.97. The fraction of sp³-hybridized carbons (Fsp3) is 0.278. The monoisotopic (exact) mass is 268 g/mol. The van der Waals surface area contributed by atoms with E-state index in [1.807, 2.05) is 26.0 Å². The second-order valence-electron chi connectivity index (χ2n) is 4.81. The molecular formula is C18H20O2. The van der Waals surface area contributed by atoms with Crippen LogP contribution < -0.4 is 0 Å². The molecule has 0 aliphatic heterocycles. The molecular weight excluding hydrogens is 248 g/mol. The minimum absolute atomic E-state index is 0.238. The van der Waals surface area contributed by atoms with Gasteiger partial charge in [-0.3, -0.25) is 0 Å². The average molecular weight is 268 g/mol. The van der Waals surface area contributed by atoms with Crippen LogP contribution in [-0.4, -0.2) is 12.6 Å². The van der Waals surface area contributed by atoms with Gasteiger partial charge in [0.2, 0.25) is 0 Å². The molecule has 2 nitrogen and oxygen atoms in total. The third kappa shape index (κ3) is 3.08. The van der Waals surface area contributed by atoms with Gasteiger partial charge in [0.05, 0.1) is 12.2 Å². The van der Waals surface area contributed by atoms with Crippen molar-refractivity contribution in [3.05, 3.63) is 59.2 Å². The van der Waals surface area contributed by atoms with Crippen molar-refractivity contribution >= 4 is 5.97 Å². The molecule has 20 heavy (non-hydrogen) atoms. The SMILES string of the molecule is CCOC(=O)c1cc(-c2ccc(C)cc2)ccc1CC. The standard InChI is InChI=1S/C18H20O2/c1-4-14-10-11-16(12-17(14)18(19)20-5-2)15-8-6-13(3)7-9-15/h6-12H,4-5H2,1-3H3. The van der Waals surface area contributed by atoms with Gasteiger partial charge in [-0.25, -0.2) is 4.79 Å². The summed E-state index contributed by atoms with van der Waals surface area (Å²) in [6.07, 6.45) is 0.822. The van der Waals surface area contributed by atoms with Gasteiger partial charge in [0.1, 0.15) is 0 Å². The molecule has 2 aromatic rings. The fourth-order valence-corrected chi connectivity index (χ4v) is 2.21. The van der Waals surface area contributed by atoms with E-state index in [0.29, 0.717) is 12.2 Å². The van der Waals surface area contributed by atoms with Crippen LogP contribution in [0, 0.1) is 6.92 Å². The van der Waals surface area contributed by atoms with Crippen LogP contribution in [0.5, 0.6) is 0 Å². The molecule has 0 heterocycles. The van der Waals surface area contributed by atoms with E-state index in [0.717, 1.165) is 23.1 Å². The van der Waals surface area contributed by atoms with Gasteiger partial charge >= 0.3 is 5.97 Å². The lowest BCUT2D eigenvalue weighted by Gasteiger charge is -2.10. The van der Waals surface area contributed by atoms with Crippen LogP contribution in [0.15, 0.2) is 42.5 Å². The minimum atomic E-state index is -0.238. The van der Waals surface area contributed by atoms with Crippen molar-refractivity contribution in [3.63, 3.8) is 0 Å². The van der Waals surface area contributed by atoms with E-state index >= 15 is 0 Å². The Morgan fingerprint density at radius 1 is 1.00 bits per heavy atom. The summed E-state index contributed by atoms with van der Waals surface area (Å²) in [7, 11) is 0. The normalized spacial score (nSPS) is 10.3. The van der Waals surface area contributed by atoms with Crippen LogP contribution in [0.25, 0.3) is 11.1 Å². The second-order valence-corrected chi connectivity index (χ2v) is 4.81. The summed E-state index contributed by atoms with van der Waals surface area (Å²) in [5.74, 6) is -0.238. The molecule has 0 saturated heterocycles. The van der Waals surface area contributed by atoms with Crippen molar-refractivity contribution in [2.75, 3.05) is 6.61 Å². The summed E-state index contributed by atoms with van der Waals surface area (Å²) < 4.78 is 5.14. The molecule has 2 rings (SSSR count). The average Bonchev–Trinajstić information content (AvgIpc) is 2.47. The third-order valence-electron chi connectivity index (χ3n) is 3.37. The molecule has 0 fully saturated rings. The number of benzene rings is 2. The van der Waals surface area contributed by atoms with Crippen LogP contribution in [0.3, 0.4) is 0 Å². The lowest BCUT2D eigenvalue weighted by molar-refractivity contribution is 0.0525. The number of hydrogen-bond acceptors (Lipinski definition) is 2. The number of carbonyl (C=O) groups is 1. The Kier molecular flexibility index (Phi) is 4.57. The molecule has 0 radical (unpaired) electrons. The van der Waals surface area contributed by atoms with Crippen LogP contribution in [0.4, 0.5) is 0 Å². The van der Waals surface area contributed by atoms with Gasteiger partial charge in [0.25, 0.3) is 0 Å². The second kappa shape index (κ2) is 6.38. The Bertz CT molecular complexity index is 597. The lowest BCUT2D eigenvalue weighted by Crippen LogP contribution is -2.08. The highest BCUT2D eigenvalue weighted by Crippen LogP contribution is 2.24. The van der Waals surface area contributed by atoms with Gasteiger partial charge < -0.3 is 4.74 Å². The van der Waals surface area contributed by atoms with Gasteiger partial charge in [0, 0.05) is 0 Å². The van der Waals surface area contributed by atoms with Crippen molar-refractivity contribution in [1.82, 2.24) is 0 Å². The summed E-state index contributed by atoms with van der Waals surface area (Å²) >= 11 is 0. The summed E-state index contributed by atoms with van der Waals surface area (Å²) in [5, 5.41) is 0. The van der Waals surface area contributed by atoms with Crippen molar-refractivity contribution < 1.29 is 9.53 Å².